The summed E-state index contributed by atoms with van der Waals surface area (Å²) in [4.78, 5) is 24.1. The summed E-state index contributed by atoms with van der Waals surface area (Å²) in [5.41, 5.74) is 2.09. The summed E-state index contributed by atoms with van der Waals surface area (Å²) in [7, 11) is 0. The van der Waals surface area contributed by atoms with Crippen molar-refractivity contribution in [2.75, 3.05) is 11.9 Å². The first kappa shape index (κ1) is 21.2. The van der Waals surface area contributed by atoms with E-state index < -0.39 is 30.5 Å². The lowest BCUT2D eigenvalue weighted by Crippen LogP contribution is -2.34. The predicted octanol–water partition coefficient (Wildman–Crippen LogP) is 1.57. The number of anilines is 1. The Hall–Kier alpha value is -3.08. The summed E-state index contributed by atoms with van der Waals surface area (Å²) in [6, 6.07) is 10.1. The molecule has 3 heterocycles. The third-order valence-electron chi connectivity index (χ3n) is 5.34. The molecular weight excluding hydrogens is 402 g/mol. The lowest BCUT2D eigenvalue weighted by molar-refractivity contribution is -0.147. The molecule has 164 valence electrons. The van der Waals surface area contributed by atoms with Crippen LogP contribution in [-0.2, 0) is 14.3 Å². The first-order valence-corrected chi connectivity index (χ1v) is 10.1. The van der Waals surface area contributed by atoms with Gasteiger partial charge < -0.3 is 25.0 Å². The van der Waals surface area contributed by atoms with Gasteiger partial charge in [-0.05, 0) is 12.0 Å². The number of esters is 1. The van der Waals surface area contributed by atoms with Crippen LogP contribution in [0, 0.1) is 0 Å². The average Bonchev–Trinajstić information content (AvgIpc) is 3.33. The zero-order chi connectivity index (χ0) is 22.0. The predicted molar refractivity (Wildman–Crippen MR) is 111 cm³/mol. The molecule has 1 fully saturated rings. The van der Waals surface area contributed by atoms with Crippen LogP contribution >= 0.6 is 0 Å². The SMILES string of the molecule is CC[C@@H](Nc1ncnc2c1ncn2C1OC(COC(C)=O)C(O)C1O)c1ccccc1. The number of carbonyl (C=O) groups is 1. The minimum absolute atomic E-state index is 0.0349. The van der Waals surface area contributed by atoms with Crippen molar-refractivity contribution in [1.29, 1.82) is 0 Å². The summed E-state index contributed by atoms with van der Waals surface area (Å²) >= 11 is 0. The fourth-order valence-corrected chi connectivity index (χ4v) is 3.71. The molecule has 0 aliphatic carbocycles. The summed E-state index contributed by atoms with van der Waals surface area (Å²) in [5.74, 6) is 0.0677. The first-order chi connectivity index (χ1) is 15.0. The maximum absolute atomic E-state index is 11.1. The van der Waals surface area contributed by atoms with E-state index in [1.54, 1.807) is 4.57 Å². The van der Waals surface area contributed by atoms with Gasteiger partial charge in [-0.1, -0.05) is 37.3 Å². The van der Waals surface area contributed by atoms with E-state index in [0.29, 0.717) is 17.0 Å². The van der Waals surface area contributed by atoms with Crippen LogP contribution in [0.4, 0.5) is 5.82 Å². The highest BCUT2D eigenvalue weighted by atomic mass is 16.6. The second-order valence-corrected chi connectivity index (χ2v) is 7.41. The molecule has 4 rings (SSSR count). The molecule has 1 aliphatic rings. The number of hydrogen-bond acceptors (Lipinski definition) is 9. The molecule has 0 saturated carbocycles. The second-order valence-electron chi connectivity index (χ2n) is 7.41. The number of fused-ring (bicyclic) bond motifs is 1. The Morgan fingerprint density at radius 3 is 2.71 bits per heavy atom. The van der Waals surface area contributed by atoms with Crippen molar-refractivity contribution in [3.05, 3.63) is 48.5 Å². The van der Waals surface area contributed by atoms with E-state index in [1.165, 1.54) is 19.6 Å². The molecule has 4 unspecified atom stereocenters. The van der Waals surface area contributed by atoms with Crippen LogP contribution in [-0.4, -0.2) is 60.6 Å². The van der Waals surface area contributed by atoms with Gasteiger partial charge in [-0.3, -0.25) is 9.36 Å². The highest BCUT2D eigenvalue weighted by Gasteiger charge is 2.44. The van der Waals surface area contributed by atoms with Gasteiger partial charge in [-0.15, -0.1) is 0 Å². The molecule has 1 aromatic carbocycles. The Morgan fingerprint density at radius 1 is 1.23 bits per heavy atom. The lowest BCUT2D eigenvalue weighted by Gasteiger charge is -2.19. The third kappa shape index (κ3) is 4.22. The normalized spacial score (nSPS) is 24.3. The Kier molecular flexibility index (Phi) is 6.12. The van der Waals surface area contributed by atoms with Gasteiger partial charge in [0.2, 0.25) is 0 Å². The molecule has 0 bridgehead atoms. The molecule has 31 heavy (non-hydrogen) atoms. The molecule has 5 atom stereocenters. The second kappa shape index (κ2) is 8.96. The molecule has 3 aromatic rings. The largest absolute Gasteiger partial charge is 0.463 e. The summed E-state index contributed by atoms with van der Waals surface area (Å²) < 4.78 is 12.2. The number of ether oxygens (including phenoxy) is 2. The van der Waals surface area contributed by atoms with Gasteiger partial charge in [0.15, 0.2) is 23.2 Å². The Labute approximate surface area is 178 Å². The van der Waals surface area contributed by atoms with Crippen molar-refractivity contribution in [3.63, 3.8) is 0 Å². The number of hydrogen-bond donors (Lipinski definition) is 3. The highest BCUT2D eigenvalue weighted by molar-refractivity contribution is 5.83. The van der Waals surface area contributed by atoms with Crippen molar-refractivity contribution < 1.29 is 24.5 Å². The third-order valence-corrected chi connectivity index (χ3v) is 5.34. The van der Waals surface area contributed by atoms with Crippen molar-refractivity contribution >= 4 is 23.0 Å². The van der Waals surface area contributed by atoms with Crippen molar-refractivity contribution in [2.24, 2.45) is 0 Å². The van der Waals surface area contributed by atoms with Crippen LogP contribution in [0.5, 0.6) is 0 Å². The molecule has 2 aromatic heterocycles. The van der Waals surface area contributed by atoms with E-state index in [0.717, 1.165) is 12.0 Å². The van der Waals surface area contributed by atoms with Gasteiger partial charge in [-0.2, -0.15) is 0 Å². The Bertz CT molecular complexity index is 1040. The number of aliphatic hydroxyl groups excluding tert-OH is 2. The maximum Gasteiger partial charge on any atom is 0.302 e. The molecule has 0 amide bonds. The van der Waals surface area contributed by atoms with Crippen LogP contribution in [0.25, 0.3) is 11.2 Å². The maximum atomic E-state index is 11.1. The van der Waals surface area contributed by atoms with Crippen LogP contribution in [0.1, 0.15) is 38.1 Å². The fraction of sp³-hybridized carbons (Fsp3) is 0.429. The molecule has 0 spiro atoms. The van der Waals surface area contributed by atoms with Crippen LogP contribution in [0.3, 0.4) is 0 Å². The summed E-state index contributed by atoms with van der Waals surface area (Å²) in [5, 5.41) is 24.2. The van der Waals surface area contributed by atoms with E-state index in [4.69, 9.17) is 9.47 Å². The number of aliphatic hydroxyl groups is 2. The first-order valence-electron chi connectivity index (χ1n) is 10.1. The quantitative estimate of drug-likeness (QED) is 0.481. The van der Waals surface area contributed by atoms with Gasteiger partial charge in [0.25, 0.3) is 0 Å². The van der Waals surface area contributed by atoms with Crippen LogP contribution < -0.4 is 5.32 Å². The van der Waals surface area contributed by atoms with E-state index in [9.17, 15) is 15.0 Å². The zero-order valence-corrected chi connectivity index (χ0v) is 17.3. The average molecular weight is 427 g/mol. The molecule has 10 nitrogen and oxygen atoms in total. The van der Waals surface area contributed by atoms with Gasteiger partial charge in [0.05, 0.1) is 12.4 Å². The number of nitrogens with one attached hydrogen (secondary N) is 1. The standard InChI is InChI=1S/C21H25N5O5/c1-3-14(13-7-5-4-6-8-13)25-19-16-20(23-10-22-19)26(11-24-16)21-18(29)17(28)15(31-21)9-30-12(2)27/h4-8,10-11,14-15,17-18,21,28-29H,3,9H2,1-2H3,(H,22,23,25)/t14-,15?,17?,18?,21?/m1/s1. The van der Waals surface area contributed by atoms with Crippen molar-refractivity contribution in [2.45, 2.75) is 50.8 Å². The fourth-order valence-electron chi connectivity index (χ4n) is 3.71. The highest BCUT2D eigenvalue weighted by Crippen LogP contribution is 2.33. The van der Waals surface area contributed by atoms with E-state index in [-0.39, 0.29) is 12.6 Å². The molecular formula is C21H25N5O5. The van der Waals surface area contributed by atoms with Crippen molar-refractivity contribution in [1.82, 2.24) is 19.5 Å². The topological polar surface area (TPSA) is 132 Å². The van der Waals surface area contributed by atoms with E-state index in [2.05, 4.69) is 27.2 Å². The number of imidazole rings is 1. The Morgan fingerprint density at radius 2 is 2.00 bits per heavy atom. The van der Waals surface area contributed by atoms with Gasteiger partial charge in [-0.25, -0.2) is 15.0 Å². The smallest absolute Gasteiger partial charge is 0.302 e. The Balaban J connectivity index is 1.60. The summed E-state index contributed by atoms with van der Waals surface area (Å²) in [6.45, 7) is 3.19. The molecule has 10 heteroatoms. The molecule has 3 N–H and O–H groups in total. The van der Waals surface area contributed by atoms with Gasteiger partial charge in [0, 0.05) is 6.92 Å². The molecule has 0 radical (unpaired) electrons. The van der Waals surface area contributed by atoms with E-state index >= 15 is 0 Å². The minimum Gasteiger partial charge on any atom is -0.463 e. The van der Waals surface area contributed by atoms with Crippen molar-refractivity contribution in [3.8, 4) is 0 Å². The minimum atomic E-state index is -1.24. The van der Waals surface area contributed by atoms with Crippen LogP contribution in [0.2, 0.25) is 0 Å². The molecule has 1 aliphatic heterocycles. The monoisotopic (exact) mass is 427 g/mol. The zero-order valence-electron chi connectivity index (χ0n) is 17.3. The van der Waals surface area contributed by atoms with Crippen LogP contribution in [0.15, 0.2) is 43.0 Å². The number of aromatic nitrogens is 4. The number of benzene rings is 1. The number of carbonyl (C=O) groups excluding carboxylic acids is 1. The number of nitrogens with zero attached hydrogens (tertiary/aromatic N) is 4. The van der Waals surface area contributed by atoms with Gasteiger partial charge >= 0.3 is 5.97 Å². The molecule has 1 saturated heterocycles. The van der Waals surface area contributed by atoms with E-state index in [1.807, 2.05) is 30.3 Å². The summed E-state index contributed by atoms with van der Waals surface area (Å²) in [6.07, 6.45) is -0.508. The lowest BCUT2D eigenvalue weighted by atomic mass is 10.0. The van der Waals surface area contributed by atoms with Gasteiger partial charge in [0.1, 0.15) is 31.2 Å². The number of rotatable bonds is 7.